The molecule has 98 valence electrons. The van der Waals surface area contributed by atoms with Gasteiger partial charge in [0.25, 0.3) is 0 Å². The van der Waals surface area contributed by atoms with Crippen molar-refractivity contribution in [2.24, 2.45) is 0 Å². The lowest BCUT2D eigenvalue weighted by Crippen LogP contribution is -2.31. The molecule has 0 amide bonds. The Bertz CT molecular complexity index is 382. The molecule has 1 aliphatic rings. The monoisotopic (exact) mass is 249 g/mol. The van der Waals surface area contributed by atoms with Crippen LogP contribution in [-0.4, -0.2) is 47.8 Å². The molecule has 4 nitrogen and oxygen atoms in total. The van der Waals surface area contributed by atoms with Gasteiger partial charge in [0.05, 0.1) is 0 Å². The van der Waals surface area contributed by atoms with Gasteiger partial charge in [-0.2, -0.15) is 0 Å². The third-order valence-electron chi connectivity index (χ3n) is 3.27. The molecule has 0 atom stereocenters. The highest BCUT2D eigenvalue weighted by Gasteiger charge is 2.27. The minimum Gasteiger partial charge on any atom is -0.492 e. The number of benzene rings is 1. The molecule has 0 unspecified atom stereocenters. The van der Waals surface area contributed by atoms with Gasteiger partial charge in [-0.1, -0.05) is 19.1 Å². The Morgan fingerprint density at radius 2 is 2.17 bits per heavy atom. The first-order chi connectivity index (χ1) is 8.70. The lowest BCUT2D eigenvalue weighted by Gasteiger charge is -2.19. The molecule has 0 bridgehead atoms. The van der Waals surface area contributed by atoms with Crippen molar-refractivity contribution in [3.8, 4) is 5.75 Å². The lowest BCUT2D eigenvalue weighted by atomic mass is 9.80. The summed E-state index contributed by atoms with van der Waals surface area (Å²) in [7, 11) is -1.44. The van der Waals surface area contributed by atoms with Gasteiger partial charge in [0.1, 0.15) is 12.4 Å². The maximum Gasteiger partial charge on any atom is 0.488 e. The Morgan fingerprint density at radius 1 is 1.39 bits per heavy atom. The Labute approximate surface area is 108 Å². The van der Waals surface area contributed by atoms with Crippen LogP contribution < -0.4 is 10.2 Å². The molecular formula is C13H20BNO3. The zero-order chi connectivity index (χ0) is 13.0. The van der Waals surface area contributed by atoms with Gasteiger partial charge in [0, 0.05) is 12.6 Å². The second-order valence-corrected chi connectivity index (χ2v) is 4.65. The van der Waals surface area contributed by atoms with Crippen LogP contribution in [0.1, 0.15) is 19.8 Å². The van der Waals surface area contributed by atoms with E-state index in [1.165, 1.54) is 12.8 Å². The largest absolute Gasteiger partial charge is 0.492 e. The van der Waals surface area contributed by atoms with E-state index < -0.39 is 7.12 Å². The normalized spacial score (nSPS) is 14.9. The molecule has 1 aromatic rings. The van der Waals surface area contributed by atoms with Crippen LogP contribution in [0.4, 0.5) is 0 Å². The topological polar surface area (TPSA) is 52.9 Å². The number of ether oxygens (including phenoxy) is 1. The standard InChI is InChI=1S/C13H20BNO3/c1-2-15(12-6-7-12)8-9-18-13-5-3-4-11(10-13)14(16)17/h3-5,10,12,16-17H,2,6-9H2,1H3. The second kappa shape index (κ2) is 6.23. The summed E-state index contributed by atoms with van der Waals surface area (Å²) in [6.45, 7) is 4.78. The molecule has 0 aliphatic heterocycles. The quantitative estimate of drug-likeness (QED) is 0.679. The molecular weight excluding hydrogens is 229 g/mol. The van der Waals surface area contributed by atoms with Crippen molar-refractivity contribution in [3.05, 3.63) is 24.3 Å². The van der Waals surface area contributed by atoms with Crippen LogP contribution in [0.15, 0.2) is 24.3 Å². The molecule has 1 saturated carbocycles. The maximum atomic E-state index is 9.07. The van der Waals surface area contributed by atoms with Crippen LogP contribution in [-0.2, 0) is 0 Å². The van der Waals surface area contributed by atoms with Gasteiger partial charge in [-0.3, -0.25) is 4.90 Å². The molecule has 2 rings (SSSR count). The van der Waals surface area contributed by atoms with Gasteiger partial charge >= 0.3 is 7.12 Å². The van der Waals surface area contributed by atoms with E-state index in [1.807, 2.05) is 6.07 Å². The molecule has 0 aromatic heterocycles. The van der Waals surface area contributed by atoms with Crippen LogP contribution in [0, 0.1) is 0 Å². The van der Waals surface area contributed by atoms with Crippen LogP contribution in [0.25, 0.3) is 0 Å². The molecule has 18 heavy (non-hydrogen) atoms. The van der Waals surface area contributed by atoms with Crippen LogP contribution in [0.2, 0.25) is 0 Å². The molecule has 1 aromatic carbocycles. The van der Waals surface area contributed by atoms with Crippen molar-refractivity contribution >= 4 is 12.6 Å². The summed E-state index contributed by atoms with van der Waals surface area (Å²) in [5, 5.41) is 18.1. The zero-order valence-electron chi connectivity index (χ0n) is 10.7. The first-order valence-electron chi connectivity index (χ1n) is 6.53. The summed E-state index contributed by atoms with van der Waals surface area (Å²) in [6.07, 6.45) is 2.61. The first kappa shape index (κ1) is 13.4. The van der Waals surface area contributed by atoms with Crippen molar-refractivity contribution < 1.29 is 14.8 Å². The maximum absolute atomic E-state index is 9.07. The predicted octanol–water partition coefficient (Wildman–Crippen LogP) is 0.229. The van der Waals surface area contributed by atoms with E-state index >= 15 is 0 Å². The summed E-state index contributed by atoms with van der Waals surface area (Å²) in [5.41, 5.74) is 0.460. The molecule has 0 radical (unpaired) electrons. The van der Waals surface area contributed by atoms with Crippen molar-refractivity contribution in [3.63, 3.8) is 0 Å². The van der Waals surface area contributed by atoms with Crippen LogP contribution in [0.3, 0.4) is 0 Å². The fourth-order valence-electron chi connectivity index (χ4n) is 2.08. The van der Waals surface area contributed by atoms with Crippen molar-refractivity contribution in [2.75, 3.05) is 19.7 Å². The van der Waals surface area contributed by atoms with E-state index in [-0.39, 0.29) is 0 Å². The Kier molecular flexibility index (Phi) is 4.63. The Balaban J connectivity index is 1.80. The molecule has 5 heteroatoms. The number of likely N-dealkylation sites (N-methyl/N-ethyl adjacent to an activating group) is 1. The molecule has 2 N–H and O–H groups in total. The summed E-state index contributed by atoms with van der Waals surface area (Å²) in [4.78, 5) is 2.42. The minimum absolute atomic E-state index is 0.460. The summed E-state index contributed by atoms with van der Waals surface area (Å²) in [6, 6.07) is 7.68. The van der Waals surface area contributed by atoms with Crippen LogP contribution >= 0.6 is 0 Å². The summed E-state index contributed by atoms with van der Waals surface area (Å²) < 4.78 is 5.64. The van der Waals surface area contributed by atoms with Crippen molar-refractivity contribution in [1.29, 1.82) is 0 Å². The van der Waals surface area contributed by atoms with E-state index in [0.717, 1.165) is 19.1 Å². The van der Waals surface area contributed by atoms with Gasteiger partial charge in [-0.15, -0.1) is 0 Å². The molecule has 0 saturated heterocycles. The SMILES string of the molecule is CCN(CCOc1cccc(B(O)O)c1)C1CC1. The first-order valence-corrected chi connectivity index (χ1v) is 6.53. The van der Waals surface area contributed by atoms with E-state index in [9.17, 15) is 0 Å². The van der Waals surface area contributed by atoms with Crippen LogP contribution in [0.5, 0.6) is 5.75 Å². The van der Waals surface area contributed by atoms with Gasteiger partial charge in [-0.05, 0) is 37.0 Å². The molecule has 0 spiro atoms. The third kappa shape index (κ3) is 3.73. The average molecular weight is 249 g/mol. The van der Waals surface area contributed by atoms with Gasteiger partial charge in [0.2, 0.25) is 0 Å². The minimum atomic E-state index is -1.44. The number of rotatable bonds is 7. The van der Waals surface area contributed by atoms with Gasteiger partial charge < -0.3 is 14.8 Å². The van der Waals surface area contributed by atoms with Crippen molar-refractivity contribution in [1.82, 2.24) is 4.90 Å². The van der Waals surface area contributed by atoms with Gasteiger partial charge in [-0.25, -0.2) is 0 Å². The van der Waals surface area contributed by atoms with Gasteiger partial charge in [0.15, 0.2) is 0 Å². The summed E-state index contributed by atoms with van der Waals surface area (Å²) in [5.74, 6) is 0.687. The number of nitrogens with zero attached hydrogens (tertiary/aromatic N) is 1. The summed E-state index contributed by atoms with van der Waals surface area (Å²) >= 11 is 0. The lowest BCUT2D eigenvalue weighted by molar-refractivity contribution is 0.209. The molecule has 1 fully saturated rings. The van der Waals surface area contributed by atoms with Crippen molar-refractivity contribution in [2.45, 2.75) is 25.8 Å². The highest BCUT2D eigenvalue weighted by Crippen LogP contribution is 2.26. The highest BCUT2D eigenvalue weighted by molar-refractivity contribution is 6.58. The molecule has 1 aliphatic carbocycles. The fourth-order valence-corrected chi connectivity index (χ4v) is 2.08. The Morgan fingerprint density at radius 3 is 2.78 bits per heavy atom. The van der Waals surface area contributed by atoms with E-state index in [4.69, 9.17) is 14.8 Å². The Hall–Kier alpha value is -1.04. The third-order valence-corrected chi connectivity index (χ3v) is 3.27. The van der Waals surface area contributed by atoms with E-state index in [1.54, 1.807) is 18.2 Å². The predicted molar refractivity (Wildman–Crippen MR) is 72.0 cm³/mol. The number of hydrogen-bond donors (Lipinski definition) is 2. The zero-order valence-corrected chi connectivity index (χ0v) is 10.7. The highest BCUT2D eigenvalue weighted by atomic mass is 16.5. The second-order valence-electron chi connectivity index (χ2n) is 4.65. The van der Waals surface area contributed by atoms with E-state index in [0.29, 0.717) is 17.8 Å². The number of hydrogen-bond acceptors (Lipinski definition) is 4. The average Bonchev–Trinajstić information content (AvgIpc) is 3.19. The molecule has 0 heterocycles. The smallest absolute Gasteiger partial charge is 0.488 e. The van der Waals surface area contributed by atoms with E-state index in [2.05, 4.69) is 11.8 Å². The fraction of sp³-hybridized carbons (Fsp3) is 0.538.